The molecule has 0 atom stereocenters. The molecule has 0 saturated carbocycles. The van der Waals surface area contributed by atoms with Crippen LogP contribution in [0.4, 0.5) is 17.6 Å². The Hall–Kier alpha value is -1.66. The summed E-state index contributed by atoms with van der Waals surface area (Å²) in [6, 6.07) is 0. The highest BCUT2D eigenvalue weighted by atomic mass is 19.3. The summed E-state index contributed by atoms with van der Waals surface area (Å²) in [7, 11) is 1.02. The lowest BCUT2D eigenvalue weighted by molar-refractivity contribution is -0.139. The zero-order valence-corrected chi connectivity index (χ0v) is 8.14. The van der Waals surface area contributed by atoms with E-state index in [-0.39, 0.29) is 0 Å². The molecule has 1 heterocycles. The number of aromatic nitrogens is 1. The van der Waals surface area contributed by atoms with Crippen LogP contribution in [0.3, 0.4) is 0 Å². The maximum atomic E-state index is 13.3. The number of pyridine rings is 1. The average Bonchev–Trinajstić information content (AvgIpc) is 2.23. The summed E-state index contributed by atoms with van der Waals surface area (Å²) in [5.41, 5.74) is -1.86. The van der Waals surface area contributed by atoms with Crippen LogP contribution in [0.25, 0.3) is 0 Å². The van der Waals surface area contributed by atoms with Crippen LogP contribution in [0.1, 0.15) is 17.6 Å². The number of esters is 1. The molecule has 0 aliphatic heterocycles. The first-order chi connectivity index (χ1) is 7.47. The fourth-order valence-electron chi connectivity index (χ4n) is 1.04. The largest absolute Gasteiger partial charge is 0.469 e. The number of alkyl halides is 2. The standard InChI is InChI=1S/C9H7F4NO2/c1-16-6(15)2-4-7(10)5(8(11)12)3-14-9(4)13/h3,8H,2H2,1H3. The van der Waals surface area contributed by atoms with Gasteiger partial charge in [0.15, 0.2) is 0 Å². The van der Waals surface area contributed by atoms with Crippen molar-refractivity contribution in [2.45, 2.75) is 12.8 Å². The molecular weight excluding hydrogens is 230 g/mol. The number of halogens is 4. The topological polar surface area (TPSA) is 39.2 Å². The Balaban J connectivity index is 3.16. The Morgan fingerprint density at radius 3 is 2.62 bits per heavy atom. The van der Waals surface area contributed by atoms with E-state index < -0.39 is 41.7 Å². The van der Waals surface area contributed by atoms with Gasteiger partial charge in [0.25, 0.3) is 6.43 Å². The Bertz CT molecular complexity index is 409. The van der Waals surface area contributed by atoms with Crippen molar-refractivity contribution < 1.29 is 27.1 Å². The van der Waals surface area contributed by atoms with Crippen LogP contribution < -0.4 is 0 Å². The van der Waals surface area contributed by atoms with E-state index >= 15 is 0 Å². The molecule has 0 N–H and O–H groups in total. The molecule has 3 nitrogen and oxygen atoms in total. The van der Waals surface area contributed by atoms with Crippen molar-refractivity contribution >= 4 is 5.97 Å². The second-order valence-corrected chi connectivity index (χ2v) is 2.85. The zero-order valence-electron chi connectivity index (χ0n) is 8.14. The lowest BCUT2D eigenvalue weighted by atomic mass is 10.1. The van der Waals surface area contributed by atoms with E-state index in [0.717, 1.165) is 7.11 Å². The summed E-state index contributed by atoms with van der Waals surface area (Å²) in [6.07, 6.45) is -3.50. The summed E-state index contributed by atoms with van der Waals surface area (Å²) in [5, 5.41) is 0. The van der Waals surface area contributed by atoms with Gasteiger partial charge in [0.05, 0.1) is 24.7 Å². The predicted octanol–water partition coefficient (Wildman–Crippen LogP) is 2.01. The monoisotopic (exact) mass is 237 g/mol. The van der Waals surface area contributed by atoms with E-state index in [0.29, 0.717) is 6.20 Å². The van der Waals surface area contributed by atoms with E-state index in [4.69, 9.17) is 0 Å². The van der Waals surface area contributed by atoms with Crippen LogP contribution in [0, 0.1) is 11.8 Å². The first-order valence-corrected chi connectivity index (χ1v) is 4.15. The molecule has 0 saturated heterocycles. The number of methoxy groups -OCH3 is 1. The van der Waals surface area contributed by atoms with Crippen molar-refractivity contribution in [2.75, 3.05) is 7.11 Å². The number of hydrogen-bond acceptors (Lipinski definition) is 3. The maximum absolute atomic E-state index is 13.3. The third-order valence-electron chi connectivity index (χ3n) is 1.87. The lowest BCUT2D eigenvalue weighted by Gasteiger charge is -2.07. The number of carbonyl (C=O) groups excluding carboxylic acids is 1. The molecule has 1 rings (SSSR count). The quantitative estimate of drug-likeness (QED) is 0.458. The molecular formula is C9H7F4NO2. The van der Waals surface area contributed by atoms with Gasteiger partial charge >= 0.3 is 5.97 Å². The Labute approximate surface area is 88.0 Å². The fraction of sp³-hybridized carbons (Fsp3) is 0.333. The van der Waals surface area contributed by atoms with Crippen LogP contribution in [0.5, 0.6) is 0 Å². The van der Waals surface area contributed by atoms with Gasteiger partial charge in [-0.3, -0.25) is 4.79 Å². The molecule has 0 unspecified atom stereocenters. The second-order valence-electron chi connectivity index (χ2n) is 2.85. The van der Waals surface area contributed by atoms with E-state index in [2.05, 4.69) is 9.72 Å². The SMILES string of the molecule is COC(=O)Cc1c(F)ncc(C(F)F)c1F. The molecule has 0 aliphatic carbocycles. The molecule has 0 fully saturated rings. The molecule has 7 heteroatoms. The van der Waals surface area contributed by atoms with Gasteiger partial charge in [-0.1, -0.05) is 0 Å². The van der Waals surface area contributed by atoms with E-state index in [1.165, 1.54) is 0 Å². The number of hydrogen-bond donors (Lipinski definition) is 0. The Morgan fingerprint density at radius 1 is 1.50 bits per heavy atom. The van der Waals surface area contributed by atoms with Gasteiger partial charge in [-0.15, -0.1) is 0 Å². The molecule has 0 aromatic carbocycles. The first kappa shape index (κ1) is 12.4. The van der Waals surface area contributed by atoms with Crippen LogP contribution in [-0.4, -0.2) is 18.1 Å². The minimum Gasteiger partial charge on any atom is -0.469 e. The highest BCUT2D eigenvalue weighted by molar-refractivity contribution is 5.72. The zero-order chi connectivity index (χ0) is 12.3. The van der Waals surface area contributed by atoms with Crippen molar-refractivity contribution in [2.24, 2.45) is 0 Å². The smallest absolute Gasteiger partial charge is 0.310 e. The second kappa shape index (κ2) is 4.91. The van der Waals surface area contributed by atoms with Crippen molar-refractivity contribution in [3.8, 4) is 0 Å². The first-order valence-electron chi connectivity index (χ1n) is 4.15. The third kappa shape index (κ3) is 2.47. The maximum Gasteiger partial charge on any atom is 0.310 e. The number of carbonyl (C=O) groups is 1. The summed E-state index contributed by atoms with van der Waals surface area (Å²) in [5.74, 6) is -3.70. The molecule has 0 amide bonds. The van der Waals surface area contributed by atoms with Crippen molar-refractivity contribution in [1.29, 1.82) is 0 Å². The lowest BCUT2D eigenvalue weighted by Crippen LogP contribution is -2.11. The number of rotatable bonds is 3. The Kier molecular flexibility index (Phi) is 3.81. The molecule has 0 bridgehead atoms. The molecule has 0 radical (unpaired) electrons. The van der Waals surface area contributed by atoms with Gasteiger partial charge in [-0.05, 0) is 0 Å². The summed E-state index contributed by atoms with van der Waals surface area (Å²) in [6.45, 7) is 0. The number of ether oxygens (including phenoxy) is 1. The third-order valence-corrected chi connectivity index (χ3v) is 1.87. The normalized spacial score (nSPS) is 10.6. The molecule has 0 aliphatic rings. The summed E-state index contributed by atoms with van der Waals surface area (Å²) in [4.78, 5) is 13.8. The summed E-state index contributed by atoms with van der Waals surface area (Å²) >= 11 is 0. The molecule has 1 aromatic heterocycles. The van der Waals surface area contributed by atoms with E-state index in [9.17, 15) is 22.4 Å². The van der Waals surface area contributed by atoms with Crippen LogP contribution >= 0.6 is 0 Å². The van der Waals surface area contributed by atoms with Crippen molar-refractivity contribution in [1.82, 2.24) is 4.98 Å². The van der Waals surface area contributed by atoms with E-state index in [1.807, 2.05) is 0 Å². The number of nitrogens with zero attached hydrogens (tertiary/aromatic N) is 1. The van der Waals surface area contributed by atoms with Crippen LogP contribution in [-0.2, 0) is 16.0 Å². The van der Waals surface area contributed by atoms with Gasteiger partial charge in [-0.2, -0.15) is 4.39 Å². The minimum absolute atomic E-state index is 0.399. The highest BCUT2D eigenvalue weighted by Gasteiger charge is 2.22. The van der Waals surface area contributed by atoms with Crippen LogP contribution in [0.2, 0.25) is 0 Å². The fourth-order valence-corrected chi connectivity index (χ4v) is 1.04. The molecule has 0 spiro atoms. The minimum atomic E-state index is -3.12. The van der Waals surface area contributed by atoms with Crippen molar-refractivity contribution in [3.63, 3.8) is 0 Å². The average molecular weight is 237 g/mol. The Morgan fingerprint density at radius 2 is 2.12 bits per heavy atom. The van der Waals surface area contributed by atoms with Gasteiger partial charge in [0.1, 0.15) is 5.82 Å². The van der Waals surface area contributed by atoms with Crippen LogP contribution in [0.15, 0.2) is 6.20 Å². The van der Waals surface area contributed by atoms with Gasteiger partial charge in [0.2, 0.25) is 5.95 Å². The molecule has 1 aromatic rings. The molecule has 88 valence electrons. The van der Waals surface area contributed by atoms with E-state index in [1.54, 1.807) is 0 Å². The van der Waals surface area contributed by atoms with Gasteiger partial charge in [-0.25, -0.2) is 18.2 Å². The highest BCUT2D eigenvalue weighted by Crippen LogP contribution is 2.24. The predicted molar refractivity (Wildman–Crippen MR) is 44.8 cm³/mol. The van der Waals surface area contributed by atoms with Crippen molar-refractivity contribution in [3.05, 3.63) is 29.1 Å². The summed E-state index contributed by atoms with van der Waals surface area (Å²) < 4.78 is 55.0. The van der Waals surface area contributed by atoms with Gasteiger partial charge in [0, 0.05) is 6.20 Å². The molecule has 16 heavy (non-hydrogen) atoms. The van der Waals surface area contributed by atoms with Gasteiger partial charge < -0.3 is 4.74 Å².